The number of rotatable bonds is 6. The molecule has 2 aromatic rings. The molecule has 134 valence electrons. The zero-order valence-corrected chi connectivity index (χ0v) is 14.6. The zero-order valence-electron chi connectivity index (χ0n) is 14.6. The standard InChI is InChI=1S/C19H23FN2O3/c1-13(12-23)22(3)19(24)21-14(2)15-9-10-18(17(20)11-15)25-16-7-5-4-6-8-16/h4-11,13-14,23H,12H2,1-3H3,(H,21,24). The summed E-state index contributed by atoms with van der Waals surface area (Å²) in [6.07, 6.45) is 0. The molecule has 2 unspecified atom stereocenters. The number of carbonyl (C=O) groups is 1. The van der Waals surface area contributed by atoms with Crippen molar-refractivity contribution < 1.29 is 19.0 Å². The number of nitrogens with zero attached hydrogens (tertiary/aromatic N) is 1. The fourth-order valence-electron chi connectivity index (χ4n) is 2.18. The number of halogens is 1. The first-order valence-electron chi connectivity index (χ1n) is 8.09. The summed E-state index contributed by atoms with van der Waals surface area (Å²) in [6, 6.07) is 12.5. The van der Waals surface area contributed by atoms with E-state index in [1.54, 1.807) is 45.2 Å². The van der Waals surface area contributed by atoms with Crippen LogP contribution in [0.2, 0.25) is 0 Å². The van der Waals surface area contributed by atoms with E-state index >= 15 is 0 Å². The Bertz CT molecular complexity index is 709. The van der Waals surface area contributed by atoms with Crippen LogP contribution in [0.1, 0.15) is 25.5 Å². The summed E-state index contributed by atoms with van der Waals surface area (Å²) in [5.74, 6) is 0.175. The predicted octanol–water partition coefficient (Wildman–Crippen LogP) is 3.70. The van der Waals surface area contributed by atoms with Crippen LogP contribution in [-0.2, 0) is 0 Å². The molecule has 2 amide bonds. The third-order valence-corrected chi connectivity index (χ3v) is 4.01. The largest absolute Gasteiger partial charge is 0.454 e. The first-order chi connectivity index (χ1) is 11.9. The van der Waals surface area contributed by atoms with Gasteiger partial charge in [0.25, 0.3) is 0 Å². The van der Waals surface area contributed by atoms with E-state index in [9.17, 15) is 9.18 Å². The average Bonchev–Trinajstić information content (AvgIpc) is 2.62. The lowest BCUT2D eigenvalue weighted by Gasteiger charge is -2.26. The molecule has 0 aliphatic heterocycles. The molecule has 2 atom stereocenters. The number of nitrogens with one attached hydrogen (secondary N) is 1. The normalized spacial score (nSPS) is 13.0. The lowest BCUT2D eigenvalue weighted by Crippen LogP contribution is -2.44. The van der Waals surface area contributed by atoms with Gasteiger partial charge in [-0.25, -0.2) is 9.18 Å². The van der Waals surface area contributed by atoms with Crippen molar-refractivity contribution >= 4 is 6.03 Å². The third-order valence-electron chi connectivity index (χ3n) is 4.01. The molecule has 6 heteroatoms. The van der Waals surface area contributed by atoms with E-state index in [0.717, 1.165) is 0 Å². The van der Waals surface area contributed by atoms with Crippen LogP contribution in [0.15, 0.2) is 48.5 Å². The Kier molecular flexibility index (Phi) is 6.36. The van der Waals surface area contributed by atoms with Crippen molar-refractivity contribution in [1.29, 1.82) is 0 Å². The monoisotopic (exact) mass is 346 g/mol. The van der Waals surface area contributed by atoms with Gasteiger partial charge in [0, 0.05) is 7.05 Å². The van der Waals surface area contributed by atoms with Gasteiger partial charge >= 0.3 is 6.03 Å². The summed E-state index contributed by atoms with van der Waals surface area (Å²) >= 11 is 0. The zero-order chi connectivity index (χ0) is 18.4. The number of urea groups is 1. The molecule has 0 bridgehead atoms. The summed E-state index contributed by atoms with van der Waals surface area (Å²) in [6.45, 7) is 3.37. The first-order valence-corrected chi connectivity index (χ1v) is 8.09. The summed E-state index contributed by atoms with van der Waals surface area (Å²) in [5, 5.41) is 11.9. The second-order valence-electron chi connectivity index (χ2n) is 5.92. The minimum atomic E-state index is -0.500. The van der Waals surface area contributed by atoms with Gasteiger partial charge in [-0.3, -0.25) is 0 Å². The molecular formula is C19H23FN2O3. The van der Waals surface area contributed by atoms with Crippen molar-refractivity contribution in [3.63, 3.8) is 0 Å². The Hall–Kier alpha value is -2.60. The van der Waals surface area contributed by atoms with E-state index in [4.69, 9.17) is 9.84 Å². The second-order valence-corrected chi connectivity index (χ2v) is 5.92. The fourth-order valence-corrected chi connectivity index (χ4v) is 2.18. The van der Waals surface area contributed by atoms with Crippen molar-refractivity contribution in [2.45, 2.75) is 25.9 Å². The van der Waals surface area contributed by atoms with E-state index in [2.05, 4.69) is 5.32 Å². The van der Waals surface area contributed by atoms with Crippen LogP contribution < -0.4 is 10.1 Å². The molecule has 2 aromatic carbocycles. The van der Waals surface area contributed by atoms with E-state index in [1.807, 2.05) is 18.2 Å². The molecule has 0 heterocycles. The number of benzene rings is 2. The Morgan fingerprint density at radius 3 is 2.52 bits per heavy atom. The number of carbonyl (C=O) groups excluding carboxylic acids is 1. The van der Waals surface area contributed by atoms with Gasteiger partial charge in [-0.1, -0.05) is 24.3 Å². The van der Waals surface area contributed by atoms with Gasteiger partial charge in [-0.05, 0) is 43.7 Å². The highest BCUT2D eigenvalue weighted by molar-refractivity contribution is 5.74. The minimum absolute atomic E-state index is 0.125. The molecule has 0 saturated heterocycles. The molecule has 2 N–H and O–H groups in total. The number of amides is 2. The van der Waals surface area contributed by atoms with Crippen LogP contribution in [0.4, 0.5) is 9.18 Å². The van der Waals surface area contributed by atoms with E-state index < -0.39 is 5.82 Å². The SMILES string of the molecule is CC(NC(=O)N(C)C(C)CO)c1ccc(Oc2ccccc2)c(F)c1. The van der Waals surface area contributed by atoms with Crippen molar-refractivity contribution in [2.75, 3.05) is 13.7 Å². The van der Waals surface area contributed by atoms with Gasteiger partial charge in [0.2, 0.25) is 0 Å². The van der Waals surface area contributed by atoms with Crippen LogP contribution in [0.3, 0.4) is 0 Å². The van der Waals surface area contributed by atoms with Gasteiger partial charge in [0.15, 0.2) is 11.6 Å². The number of likely N-dealkylation sites (N-methyl/N-ethyl adjacent to an activating group) is 1. The Labute approximate surface area is 147 Å². The first kappa shape index (κ1) is 18.7. The highest BCUT2D eigenvalue weighted by Crippen LogP contribution is 2.26. The summed E-state index contributed by atoms with van der Waals surface area (Å²) in [5.41, 5.74) is 0.622. The number of hydrogen-bond acceptors (Lipinski definition) is 3. The van der Waals surface area contributed by atoms with Gasteiger partial charge in [-0.15, -0.1) is 0 Å². The highest BCUT2D eigenvalue weighted by atomic mass is 19.1. The molecule has 25 heavy (non-hydrogen) atoms. The van der Waals surface area contributed by atoms with Crippen LogP contribution in [0.5, 0.6) is 11.5 Å². The summed E-state index contributed by atoms with van der Waals surface area (Å²) in [4.78, 5) is 13.5. The number of para-hydroxylation sites is 1. The molecule has 0 aliphatic carbocycles. The highest BCUT2D eigenvalue weighted by Gasteiger charge is 2.18. The van der Waals surface area contributed by atoms with Gasteiger partial charge in [-0.2, -0.15) is 0 Å². The maximum Gasteiger partial charge on any atom is 0.317 e. The number of aliphatic hydroxyl groups is 1. The molecule has 0 spiro atoms. The molecule has 0 saturated carbocycles. The molecule has 0 aliphatic rings. The summed E-state index contributed by atoms with van der Waals surface area (Å²) in [7, 11) is 1.60. The van der Waals surface area contributed by atoms with Crippen LogP contribution in [-0.4, -0.2) is 35.7 Å². The molecular weight excluding hydrogens is 323 g/mol. The van der Waals surface area contributed by atoms with Crippen molar-refractivity contribution in [1.82, 2.24) is 10.2 Å². The fraction of sp³-hybridized carbons (Fsp3) is 0.316. The van der Waals surface area contributed by atoms with Crippen LogP contribution in [0, 0.1) is 5.82 Å². The number of hydrogen-bond donors (Lipinski definition) is 2. The Morgan fingerprint density at radius 1 is 1.24 bits per heavy atom. The third kappa shape index (κ3) is 4.93. The van der Waals surface area contributed by atoms with Crippen LogP contribution >= 0.6 is 0 Å². The van der Waals surface area contributed by atoms with Crippen molar-refractivity contribution in [2.24, 2.45) is 0 Å². The summed E-state index contributed by atoms with van der Waals surface area (Å²) < 4.78 is 19.8. The number of aliphatic hydroxyl groups excluding tert-OH is 1. The smallest absolute Gasteiger partial charge is 0.317 e. The van der Waals surface area contributed by atoms with E-state index in [1.165, 1.54) is 11.0 Å². The van der Waals surface area contributed by atoms with Crippen molar-refractivity contribution in [3.8, 4) is 11.5 Å². The molecule has 0 aromatic heterocycles. The molecule has 5 nitrogen and oxygen atoms in total. The average molecular weight is 346 g/mol. The second kappa shape index (κ2) is 8.48. The van der Waals surface area contributed by atoms with Crippen LogP contribution in [0.25, 0.3) is 0 Å². The quantitative estimate of drug-likeness (QED) is 0.838. The molecule has 0 fully saturated rings. The maximum absolute atomic E-state index is 14.3. The lowest BCUT2D eigenvalue weighted by molar-refractivity contribution is 0.155. The maximum atomic E-state index is 14.3. The lowest BCUT2D eigenvalue weighted by atomic mass is 10.1. The topological polar surface area (TPSA) is 61.8 Å². The van der Waals surface area contributed by atoms with E-state index in [0.29, 0.717) is 11.3 Å². The Balaban J connectivity index is 2.05. The van der Waals surface area contributed by atoms with Gasteiger partial charge < -0.3 is 20.1 Å². The van der Waals surface area contributed by atoms with Gasteiger partial charge in [0.1, 0.15) is 5.75 Å². The Morgan fingerprint density at radius 2 is 1.92 bits per heavy atom. The van der Waals surface area contributed by atoms with Crippen molar-refractivity contribution in [3.05, 3.63) is 59.9 Å². The minimum Gasteiger partial charge on any atom is -0.454 e. The van der Waals surface area contributed by atoms with Gasteiger partial charge in [0.05, 0.1) is 18.7 Å². The molecule has 2 rings (SSSR count). The number of ether oxygens (including phenoxy) is 1. The molecule has 0 radical (unpaired) electrons. The predicted molar refractivity (Wildman–Crippen MR) is 94.2 cm³/mol. The van der Waals surface area contributed by atoms with E-state index in [-0.39, 0.29) is 30.5 Å².